The molecule has 2 aromatic heterocycles. The zero-order valence-electron chi connectivity index (χ0n) is 10.2. The van der Waals surface area contributed by atoms with Crippen molar-refractivity contribution in [2.24, 2.45) is 0 Å². The molecule has 1 aromatic carbocycles. The average molecular weight is 272 g/mol. The van der Waals surface area contributed by atoms with Gasteiger partial charge in [-0.25, -0.2) is 15.0 Å². The Labute approximate surface area is 114 Å². The highest BCUT2D eigenvalue weighted by Crippen LogP contribution is 2.25. The number of hydrogen-bond donors (Lipinski definition) is 2. The smallest absolute Gasteiger partial charge is 0.182 e. The van der Waals surface area contributed by atoms with E-state index >= 15 is 0 Å². The highest BCUT2D eigenvalue weighted by atomic mass is 32.2. The van der Waals surface area contributed by atoms with Crippen LogP contribution in [-0.4, -0.2) is 31.3 Å². The third-order valence-corrected chi connectivity index (χ3v) is 3.54. The molecule has 1 atom stereocenters. The molecule has 0 fully saturated rings. The Morgan fingerprint density at radius 2 is 2.00 bits per heavy atom. The van der Waals surface area contributed by atoms with E-state index in [4.69, 9.17) is 0 Å². The Bertz CT molecular complexity index is 698. The van der Waals surface area contributed by atoms with Crippen molar-refractivity contribution in [3.63, 3.8) is 0 Å². The van der Waals surface area contributed by atoms with Gasteiger partial charge in [0.25, 0.3) is 0 Å². The van der Waals surface area contributed by atoms with E-state index in [0.29, 0.717) is 11.5 Å². The summed E-state index contributed by atoms with van der Waals surface area (Å²) in [5, 5.41) is 11.1. The van der Waals surface area contributed by atoms with Gasteiger partial charge in [-0.05, 0) is 11.8 Å². The predicted octanol–water partition coefficient (Wildman–Crippen LogP) is 2.16. The van der Waals surface area contributed by atoms with Crippen LogP contribution in [0.25, 0.3) is 11.2 Å². The molecule has 0 amide bonds. The number of nitrogens with zero attached hydrogens (tertiary/aromatic N) is 3. The standard InChI is InChI=1S/C13H12N4OS/c1-19-13-9-11(14-7-15-13)17-12(16-9)10(18)8-5-3-2-4-6-8/h2-7,10,18H,1H3,(H,14,15,16,17)/t10-/m0/s1. The summed E-state index contributed by atoms with van der Waals surface area (Å²) < 4.78 is 0. The highest BCUT2D eigenvalue weighted by Gasteiger charge is 2.16. The van der Waals surface area contributed by atoms with E-state index < -0.39 is 6.10 Å². The largest absolute Gasteiger partial charge is 0.380 e. The molecule has 6 heteroatoms. The van der Waals surface area contributed by atoms with Crippen LogP contribution in [0.5, 0.6) is 0 Å². The zero-order valence-corrected chi connectivity index (χ0v) is 11.1. The maximum Gasteiger partial charge on any atom is 0.182 e. The van der Waals surface area contributed by atoms with Crippen LogP contribution in [0.4, 0.5) is 0 Å². The molecule has 3 rings (SSSR count). The summed E-state index contributed by atoms with van der Waals surface area (Å²) in [5.41, 5.74) is 2.13. The van der Waals surface area contributed by atoms with Crippen LogP contribution in [-0.2, 0) is 0 Å². The van der Waals surface area contributed by atoms with Crippen LogP contribution in [0.2, 0.25) is 0 Å². The first-order valence-corrected chi connectivity index (χ1v) is 6.99. The number of imidazole rings is 1. The number of rotatable bonds is 3. The number of hydrogen-bond acceptors (Lipinski definition) is 5. The molecule has 3 aromatic rings. The first kappa shape index (κ1) is 12.1. The SMILES string of the molecule is CSc1ncnc2nc([C@@H](O)c3ccccc3)[nH]c12. The van der Waals surface area contributed by atoms with Gasteiger partial charge in [0.15, 0.2) is 5.65 Å². The summed E-state index contributed by atoms with van der Waals surface area (Å²) in [6.45, 7) is 0. The van der Waals surface area contributed by atoms with Crippen molar-refractivity contribution in [3.05, 3.63) is 48.0 Å². The van der Waals surface area contributed by atoms with Gasteiger partial charge in [-0.15, -0.1) is 11.8 Å². The van der Waals surface area contributed by atoms with Gasteiger partial charge in [0.05, 0.1) is 0 Å². The summed E-state index contributed by atoms with van der Waals surface area (Å²) in [7, 11) is 0. The van der Waals surface area contributed by atoms with Gasteiger partial charge in [-0.1, -0.05) is 30.3 Å². The summed E-state index contributed by atoms with van der Waals surface area (Å²) in [6, 6.07) is 9.40. The molecule has 0 aliphatic carbocycles. The van der Waals surface area contributed by atoms with Crippen molar-refractivity contribution in [1.29, 1.82) is 0 Å². The summed E-state index contributed by atoms with van der Waals surface area (Å²) in [5.74, 6) is 0.483. The molecule has 5 nitrogen and oxygen atoms in total. The fraction of sp³-hybridized carbons (Fsp3) is 0.154. The Balaban J connectivity index is 2.06. The van der Waals surface area contributed by atoms with E-state index in [1.165, 1.54) is 18.1 Å². The first-order valence-electron chi connectivity index (χ1n) is 5.77. The lowest BCUT2D eigenvalue weighted by Gasteiger charge is -2.06. The minimum absolute atomic E-state index is 0.483. The lowest BCUT2D eigenvalue weighted by molar-refractivity contribution is 0.211. The Kier molecular flexibility index (Phi) is 3.18. The molecule has 0 spiro atoms. The number of H-pyrrole nitrogens is 1. The number of fused-ring (bicyclic) bond motifs is 1. The van der Waals surface area contributed by atoms with Crippen LogP contribution in [0.1, 0.15) is 17.5 Å². The summed E-state index contributed by atoms with van der Waals surface area (Å²) >= 11 is 1.52. The summed E-state index contributed by atoms with van der Waals surface area (Å²) in [4.78, 5) is 15.7. The van der Waals surface area contributed by atoms with Crippen LogP contribution < -0.4 is 0 Å². The van der Waals surface area contributed by atoms with Crippen molar-refractivity contribution in [3.8, 4) is 0 Å². The molecule has 96 valence electrons. The molecular formula is C13H12N4OS. The Hall–Kier alpha value is -1.92. The van der Waals surface area contributed by atoms with Gasteiger partial charge < -0.3 is 10.1 Å². The Morgan fingerprint density at radius 3 is 2.74 bits per heavy atom. The molecule has 0 unspecified atom stereocenters. The van der Waals surface area contributed by atoms with Crippen molar-refractivity contribution < 1.29 is 5.11 Å². The predicted molar refractivity (Wildman–Crippen MR) is 74.0 cm³/mol. The second-order valence-corrected chi connectivity index (χ2v) is 4.81. The molecule has 19 heavy (non-hydrogen) atoms. The summed E-state index contributed by atoms with van der Waals surface area (Å²) in [6.07, 6.45) is 2.63. The molecule has 0 bridgehead atoms. The third kappa shape index (κ3) is 2.20. The molecule has 2 heterocycles. The molecular weight excluding hydrogens is 260 g/mol. The number of thioether (sulfide) groups is 1. The van der Waals surface area contributed by atoms with Gasteiger partial charge >= 0.3 is 0 Å². The normalized spacial score (nSPS) is 12.7. The molecule has 2 N–H and O–H groups in total. The maximum absolute atomic E-state index is 10.3. The molecule has 0 saturated heterocycles. The van der Waals surface area contributed by atoms with E-state index in [-0.39, 0.29) is 0 Å². The highest BCUT2D eigenvalue weighted by molar-refractivity contribution is 7.98. The van der Waals surface area contributed by atoms with Crippen LogP contribution in [0.15, 0.2) is 41.7 Å². The molecule has 0 aliphatic heterocycles. The van der Waals surface area contributed by atoms with E-state index in [1.807, 2.05) is 36.6 Å². The van der Waals surface area contributed by atoms with Crippen molar-refractivity contribution in [2.75, 3.05) is 6.26 Å². The van der Waals surface area contributed by atoms with Crippen molar-refractivity contribution in [2.45, 2.75) is 11.1 Å². The van der Waals surface area contributed by atoms with Gasteiger partial charge in [0.2, 0.25) is 0 Å². The fourth-order valence-corrected chi connectivity index (χ4v) is 2.40. The van der Waals surface area contributed by atoms with Crippen molar-refractivity contribution >= 4 is 22.9 Å². The van der Waals surface area contributed by atoms with E-state index in [0.717, 1.165) is 16.1 Å². The minimum Gasteiger partial charge on any atom is -0.380 e. The number of aliphatic hydroxyl groups is 1. The van der Waals surface area contributed by atoms with Crippen LogP contribution >= 0.6 is 11.8 Å². The van der Waals surface area contributed by atoms with Crippen LogP contribution in [0, 0.1) is 0 Å². The Morgan fingerprint density at radius 1 is 1.21 bits per heavy atom. The number of aromatic nitrogens is 4. The van der Waals surface area contributed by atoms with Crippen molar-refractivity contribution in [1.82, 2.24) is 19.9 Å². The zero-order chi connectivity index (χ0) is 13.2. The third-order valence-electron chi connectivity index (χ3n) is 2.84. The van der Waals surface area contributed by atoms with E-state index in [1.54, 1.807) is 0 Å². The topological polar surface area (TPSA) is 74.7 Å². The van der Waals surface area contributed by atoms with Gasteiger partial charge in [-0.2, -0.15) is 0 Å². The first-order chi connectivity index (χ1) is 9.29. The maximum atomic E-state index is 10.3. The van der Waals surface area contributed by atoms with Gasteiger partial charge in [0, 0.05) is 0 Å². The second kappa shape index (κ2) is 4.99. The van der Waals surface area contributed by atoms with E-state index in [2.05, 4.69) is 19.9 Å². The van der Waals surface area contributed by atoms with E-state index in [9.17, 15) is 5.11 Å². The van der Waals surface area contributed by atoms with Gasteiger partial charge in [-0.3, -0.25) is 0 Å². The lowest BCUT2D eigenvalue weighted by atomic mass is 10.1. The molecule has 0 radical (unpaired) electrons. The number of nitrogens with one attached hydrogen (secondary N) is 1. The lowest BCUT2D eigenvalue weighted by Crippen LogP contribution is -2.01. The van der Waals surface area contributed by atoms with Gasteiger partial charge in [0.1, 0.15) is 28.8 Å². The quantitative estimate of drug-likeness (QED) is 0.564. The fourth-order valence-electron chi connectivity index (χ4n) is 1.90. The number of aromatic amines is 1. The number of aliphatic hydroxyl groups excluding tert-OH is 1. The molecule has 0 aliphatic rings. The average Bonchev–Trinajstić information content (AvgIpc) is 2.91. The monoisotopic (exact) mass is 272 g/mol. The second-order valence-electron chi connectivity index (χ2n) is 4.02. The minimum atomic E-state index is -0.787. The number of benzene rings is 1. The van der Waals surface area contributed by atoms with Crippen LogP contribution in [0.3, 0.4) is 0 Å². The molecule has 0 saturated carbocycles.